The predicted octanol–water partition coefficient (Wildman–Crippen LogP) is 2.23. The van der Waals surface area contributed by atoms with E-state index < -0.39 is 21.7 Å². The standard InChI is InChI=1S/C19H24F2N4O2S/c1-13-4-5-14(2)18(10-13)28(26,27)25-9-8-23-19(22-3)24-12-15-11-16(20)6-7-17(15)21/h4-7,10-11,25H,8-9,12H2,1-3H3,(H2,22,23,24). The summed E-state index contributed by atoms with van der Waals surface area (Å²) in [6.07, 6.45) is 0. The molecular formula is C19H24F2N4O2S. The van der Waals surface area contributed by atoms with Gasteiger partial charge in [0.1, 0.15) is 11.6 Å². The number of aryl methyl sites for hydroxylation is 2. The molecule has 0 aromatic heterocycles. The topological polar surface area (TPSA) is 82.6 Å². The van der Waals surface area contributed by atoms with Crippen molar-refractivity contribution in [2.45, 2.75) is 25.3 Å². The van der Waals surface area contributed by atoms with Crippen molar-refractivity contribution in [2.24, 2.45) is 4.99 Å². The van der Waals surface area contributed by atoms with Gasteiger partial charge in [-0.05, 0) is 49.2 Å². The second-order valence-electron chi connectivity index (χ2n) is 6.26. The molecule has 0 amide bonds. The van der Waals surface area contributed by atoms with Crippen molar-refractivity contribution < 1.29 is 17.2 Å². The molecule has 2 rings (SSSR count). The summed E-state index contributed by atoms with van der Waals surface area (Å²) in [7, 11) is -2.10. The molecule has 0 aliphatic carbocycles. The molecule has 9 heteroatoms. The third-order valence-electron chi connectivity index (χ3n) is 4.02. The summed E-state index contributed by atoms with van der Waals surface area (Å²) in [5.74, 6) is -0.706. The van der Waals surface area contributed by atoms with Crippen molar-refractivity contribution in [1.82, 2.24) is 15.4 Å². The average Bonchev–Trinajstić information content (AvgIpc) is 2.65. The quantitative estimate of drug-likeness (QED) is 0.371. The average molecular weight is 410 g/mol. The Bertz CT molecular complexity index is 962. The molecule has 0 bridgehead atoms. The van der Waals surface area contributed by atoms with Crippen LogP contribution in [0.2, 0.25) is 0 Å². The molecule has 0 saturated carbocycles. The molecule has 2 aromatic carbocycles. The van der Waals surface area contributed by atoms with Crippen molar-refractivity contribution in [3.05, 3.63) is 64.7 Å². The molecule has 0 atom stereocenters. The number of nitrogens with zero attached hydrogens (tertiary/aromatic N) is 1. The summed E-state index contributed by atoms with van der Waals surface area (Å²) in [6.45, 7) is 4.00. The number of sulfonamides is 1. The van der Waals surface area contributed by atoms with E-state index in [0.29, 0.717) is 11.5 Å². The maximum absolute atomic E-state index is 13.6. The number of aliphatic imine (C=N–C) groups is 1. The van der Waals surface area contributed by atoms with Crippen LogP contribution in [0.25, 0.3) is 0 Å². The van der Waals surface area contributed by atoms with Gasteiger partial charge in [-0.3, -0.25) is 4.99 Å². The van der Waals surface area contributed by atoms with E-state index in [1.165, 1.54) is 7.05 Å². The molecule has 3 N–H and O–H groups in total. The van der Waals surface area contributed by atoms with Crippen LogP contribution >= 0.6 is 0 Å². The zero-order valence-electron chi connectivity index (χ0n) is 16.0. The zero-order valence-corrected chi connectivity index (χ0v) is 16.8. The smallest absolute Gasteiger partial charge is 0.240 e. The molecule has 2 aromatic rings. The van der Waals surface area contributed by atoms with Crippen molar-refractivity contribution in [2.75, 3.05) is 20.1 Å². The van der Waals surface area contributed by atoms with E-state index >= 15 is 0 Å². The van der Waals surface area contributed by atoms with Gasteiger partial charge in [-0.2, -0.15) is 0 Å². The van der Waals surface area contributed by atoms with Gasteiger partial charge in [0.2, 0.25) is 10.0 Å². The third kappa shape index (κ3) is 6.00. The molecule has 0 aliphatic rings. The Morgan fingerprint density at radius 1 is 1.04 bits per heavy atom. The minimum atomic E-state index is -3.63. The highest BCUT2D eigenvalue weighted by Crippen LogP contribution is 2.16. The Hall–Kier alpha value is -2.52. The Balaban J connectivity index is 1.86. The molecule has 0 unspecified atom stereocenters. The van der Waals surface area contributed by atoms with Crippen LogP contribution in [0.4, 0.5) is 8.78 Å². The second kappa shape index (κ2) is 9.61. The van der Waals surface area contributed by atoms with Crippen LogP contribution in [0.3, 0.4) is 0 Å². The highest BCUT2D eigenvalue weighted by atomic mass is 32.2. The van der Waals surface area contributed by atoms with E-state index in [9.17, 15) is 17.2 Å². The molecule has 0 heterocycles. The first-order valence-corrected chi connectivity index (χ1v) is 10.2. The highest BCUT2D eigenvalue weighted by molar-refractivity contribution is 7.89. The maximum atomic E-state index is 13.6. The maximum Gasteiger partial charge on any atom is 0.240 e. The summed E-state index contributed by atoms with van der Waals surface area (Å²) in [5, 5.41) is 5.77. The van der Waals surface area contributed by atoms with E-state index in [-0.39, 0.29) is 30.1 Å². The van der Waals surface area contributed by atoms with Gasteiger partial charge >= 0.3 is 0 Å². The van der Waals surface area contributed by atoms with Gasteiger partial charge in [-0.1, -0.05) is 12.1 Å². The van der Waals surface area contributed by atoms with Gasteiger partial charge in [-0.15, -0.1) is 0 Å². The number of guanidine groups is 1. The van der Waals surface area contributed by atoms with Crippen LogP contribution in [0.1, 0.15) is 16.7 Å². The van der Waals surface area contributed by atoms with E-state index in [2.05, 4.69) is 20.3 Å². The number of nitrogens with one attached hydrogen (secondary N) is 3. The lowest BCUT2D eigenvalue weighted by molar-refractivity contribution is 0.578. The Morgan fingerprint density at radius 3 is 2.50 bits per heavy atom. The van der Waals surface area contributed by atoms with E-state index in [1.807, 2.05) is 13.0 Å². The molecule has 0 saturated heterocycles. The van der Waals surface area contributed by atoms with Gasteiger partial charge in [0.05, 0.1) is 4.90 Å². The third-order valence-corrected chi connectivity index (χ3v) is 5.62. The molecule has 0 aliphatic heterocycles. The number of hydrogen-bond acceptors (Lipinski definition) is 3. The molecule has 152 valence electrons. The molecule has 0 spiro atoms. The molecular weight excluding hydrogens is 386 g/mol. The van der Waals surface area contributed by atoms with Crippen LogP contribution < -0.4 is 15.4 Å². The van der Waals surface area contributed by atoms with Gasteiger partial charge in [0.25, 0.3) is 0 Å². The Kier molecular flexibility index (Phi) is 7.47. The lowest BCUT2D eigenvalue weighted by Crippen LogP contribution is -2.41. The first-order valence-electron chi connectivity index (χ1n) is 8.68. The van der Waals surface area contributed by atoms with Crippen LogP contribution in [-0.4, -0.2) is 34.5 Å². The fourth-order valence-corrected chi connectivity index (χ4v) is 3.88. The summed E-state index contributed by atoms with van der Waals surface area (Å²) < 4.78 is 54.2. The van der Waals surface area contributed by atoms with Gasteiger partial charge < -0.3 is 10.6 Å². The van der Waals surface area contributed by atoms with Crippen LogP contribution in [-0.2, 0) is 16.6 Å². The van der Waals surface area contributed by atoms with E-state index in [0.717, 1.165) is 23.8 Å². The van der Waals surface area contributed by atoms with Gasteiger partial charge in [-0.25, -0.2) is 21.9 Å². The van der Waals surface area contributed by atoms with E-state index in [4.69, 9.17) is 0 Å². The largest absolute Gasteiger partial charge is 0.355 e. The molecule has 0 radical (unpaired) electrons. The van der Waals surface area contributed by atoms with Crippen molar-refractivity contribution in [3.8, 4) is 0 Å². The lowest BCUT2D eigenvalue weighted by atomic mass is 10.2. The lowest BCUT2D eigenvalue weighted by Gasteiger charge is -2.14. The number of halogens is 2. The van der Waals surface area contributed by atoms with Crippen LogP contribution in [0.5, 0.6) is 0 Å². The van der Waals surface area contributed by atoms with Crippen LogP contribution in [0, 0.1) is 25.5 Å². The molecule has 28 heavy (non-hydrogen) atoms. The number of hydrogen-bond donors (Lipinski definition) is 3. The Morgan fingerprint density at radius 2 is 1.79 bits per heavy atom. The van der Waals surface area contributed by atoms with Gasteiger partial charge in [0, 0.05) is 32.2 Å². The minimum Gasteiger partial charge on any atom is -0.355 e. The second-order valence-corrected chi connectivity index (χ2v) is 7.99. The zero-order chi connectivity index (χ0) is 20.7. The van der Waals surface area contributed by atoms with Crippen LogP contribution in [0.15, 0.2) is 46.3 Å². The molecule has 6 nitrogen and oxygen atoms in total. The summed E-state index contributed by atoms with van der Waals surface area (Å²) in [5.41, 5.74) is 1.69. The predicted molar refractivity (Wildman–Crippen MR) is 106 cm³/mol. The first kappa shape index (κ1) is 21.8. The summed E-state index contributed by atoms with van der Waals surface area (Å²) in [6, 6.07) is 8.46. The first-order chi connectivity index (χ1) is 13.2. The Labute approximate surface area is 164 Å². The fourth-order valence-electron chi connectivity index (χ4n) is 2.52. The normalized spacial score (nSPS) is 12.1. The molecule has 0 fully saturated rings. The summed E-state index contributed by atoms with van der Waals surface area (Å²) in [4.78, 5) is 4.22. The SMILES string of the molecule is CN=C(NCCNS(=O)(=O)c1cc(C)ccc1C)NCc1cc(F)ccc1F. The highest BCUT2D eigenvalue weighted by Gasteiger charge is 2.16. The fraction of sp³-hybridized carbons (Fsp3) is 0.316. The van der Waals surface area contributed by atoms with Crippen molar-refractivity contribution >= 4 is 16.0 Å². The number of rotatable bonds is 7. The number of benzene rings is 2. The minimum absolute atomic E-state index is 0.0392. The van der Waals surface area contributed by atoms with Crippen molar-refractivity contribution in [3.63, 3.8) is 0 Å². The van der Waals surface area contributed by atoms with Crippen molar-refractivity contribution in [1.29, 1.82) is 0 Å². The van der Waals surface area contributed by atoms with Gasteiger partial charge in [0.15, 0.2) is 5.96 Å². The summed E-state index contributed by atoms with van der Waals surface area (Å²) >= 11 is 0. The van der Waals surface area contributed by atoms with E-state index in [1.54, 1.807) is 19.1 Å². The monoisotopic (exact) mass is 410 g/mol.